The van der Waals surface area contributed by atoms with Crippen molar-refractivity contribution in [1.82, 2.24) is 0 Å². The van der Waals surface area contributed by atoms with E-state index in [9.17, 15) is 9.59 Å². The molecule has 0 aliphatic heterocycles. The van der Waals surface area contributed by atoms with Crippen molar-refractivity contribution in [3.63, 3.8) is 0 Å². The van der Waals surface area contributed by atoms with E-state index in [0.29, 0.717) is 11.9 Å². The molecule has 0 aromatic heterocycles. The van der Waals surface area contributed by atoms with Gasteiger partial charge in [0.15, 0.2) is 6.29 Å². The first-order valence-electron chi connectivity index (χ1n) is 2.34. The minimum absolute atomic E-state index is 0.315. The number of carbonyl (C=O) groups excluding carboxylic acids is 2. The van der Waals surface area contributed by atoms with Gasteiger partial charge in [-0.3, -0.25) is 9.59 Å². The first kappa shape index (κ1) is 7.08. The monoisotopic (exact) mass is 112 g/mol. The molecular weight excluding hydrogens is 104 g/mol. The van der Waals surface area contributed by atoms with Crippen LogP contribution in [-0.4, -0.2) is 12.1 Å². The minimum atomic E-state index is -0.437. The molecule has 0 fully saturated rings. The van der Waals surface area contributed by atoms with Crippen LogP contribution in [0, 0.1) is 0 Å². The van der Waals surface area contributed by atoms with Gasteiger partial charge in [-0.1, -0.05) is 6.08 Å². The van der Waals surface area contributed by atoms with Crippen molar-refractivity contribution in [1.29, 1.82) is 0 Å². The van der Waals surface area contributed by atoms with E-state index in [0.717, 1.165) is 0 Å². The number of carbonyl (C=O) groups is 2. The third kappa shape index (κ3) is 1.69. The summed E-state index contributed by atoms with van der Waals surface area (Å²) in [6, 6.07) is 0. The lowest BCUT2D eigenvalue weighted by Crippen LogP contribution is -1.98. The normalized spacial score (nSPS) is 11.0. The summed E-state index contributed by atoms with van der Waals surface area (Å²) in [5.41, 5.74) is 0.500. The van der Waals surface area contributed by atoms with Crippen molar-refractivity contribution < 1.29 is 9.59 Å². The molecule has 0 unspecified atom stereocenters. The van der Waals surface area contributed by atoms with Crippen molar-refractivity contribution in [2.24, 2.45) is 0 Å². The zero-order valence-electron chi connectivity index (χ0n) is 4.97. The van der Waals surface area contributed by atoms with Gasteiger partial charge < -0.3 is 0 Å². The molecule has 0 N–H and O–H groups in total. The summed E-state index contributed by atoms with van der Waals surface area (Å²) >= 11 is 0. The SMILES string of the molecule is C/C=C(\C)C(=O)C=O. The molecule has 0 radical (unpaired) electrons. The summed E-state index contributed by atoms with van der Waals surface area (Å²) in [6.07, 6.45) is 1.92. The first-order valence-corrected chi connectivity index (χ1v) is 2.34. The maximum Gasteiger partial charge on any atom is 0.220 e. The van der Waals surface area contributed by atoms with Crippen LogP contribution in [0.3, 0.4) is 0 Å². The van der Waals surface area contributed by atoms with E-state index >= 15 is 0 Å². The number of aldehydes is 1. The molecule has 0 atom stereocenters. The second kappa shape index (κ2) is 3.13. The Hall–Kier alpha value is -0.920. The average molecular weight is 112 g/mol. The molecule has 0 aliphatic carbocycles. The lowest BCUT2D eigenvalue weighted by Gasteiger charge is -1.84. The number of hydrogen-bond donors (Lipinski definition) is 0. The van der Waals surface area contributed by atoms with Gasteiger partial charge in [-0.15, -0.1) is 0 Å². The van der Waals surface area contributed by atoms with Gasteiger partial charge in [0.1, 0.15) is 0 Å². The number of ketones is 1. The predicted molar refractivity (Wildman–Crippen MR) is 30.5 cm³/mol. The smallest absolute Gasteiger partial charge is 0.220 e. The standard InChI is InChI=1S/C6H8O2/c1-3-5(2)6(8)4-7/h3-4H,1-2H3/b5-3+. The molecule has 0 rings (SSSR count). The van der Waals surface area contributed by atoms with Gasteiger partial charge >= 0.3 is 0 Å². The molecule has 0 aliphatic rings. The lowest BCUT2D eigenvalue weighted by atomic mass is 10.2. The summed E-state index contributed by atoms with van der Waals surface area (Å²) in [4.78, 5) is 20.0. The Morgan fingerprint density at radius 3 is 2.12 bits per heavy atom. The second-order valence-corrected chi connectivity index (χ2v) is 1.45. The highest BCUT2D eigenvalue weighted by molar-refractivity contribution is 6.32. The molecule has 0 amide bonds. The van der Waals surface area contributed by atoms with E-state index in [1.165, 1.54) is 0 Å². The van der Waals surface area contributed by atoms with Crippen molar-refractivity contribution in [3.8, 4) is 0 Å². The van der Waals surface area contributed by atoms with Crippen LogP contribution in [-0.2, 0) is 9.59 Å². The Bertz CT molecular complexity index is 133. The largest absolute Gasteiger partial charge is 0.294 e. The van der Waals surface area contributed by atoms with Crippen LogP contribution in [0.25, 0.3) is 0 Å². The molecule has 44 valence electrons. The van der Waals surface area contributed by atoms with Crippen LogP contribution >= 0.6 is 0 Å². The van der Waals surface area contributed by atoms with Gasteiger partial charge in [0.05, 0.1) is 0 Å². The van der Waals surface area contributed by atoms with Crippen molar-refractivity contribution in [2.45, 2.75) is 13.8 Å². The lowest BCUT2D eigenvalue weighted by molar-refractivity contribution is -0.127. The Morgan fingerprint density at radius 1 is 1.50 bits per heavy atom. The van der Waals surface area contributed by atoms with Crippen molar-refractivity contribution >= 4 is 12.1 Å². The molecule has 0 aromatic carbocycles. The molecule has 2 nitrogen and oxygen atoms in total. The van der Waals surface area contributed by atoms with Crippen LogP contribution in [0.5, 0.6) is 0 Å². The number of Topliss-reactive ketones (excluding diaryl/α,β-unsaturated/α-hetero) is 1. The predicted octanol–water partition coefficient (Wildman–Crippen LogP) is 0.721. The van der Waals surface area contributed by atoms with Crippen LogP contribution in [0.1, 0.15) is 13.8 Å². The Kier molecular flexibility index (Phi) is 2.77. The van der Waals surface area contributed by atoms with Gasteiger partial charge in [0.25, 0.3) is 0 Å². The van der Waals surface area contributed by atoms with Crippen molar-refractivity contribution in [3.05, 3.63) is 11.6 Å². The zero-order valence-corrected chi connectivity index (χ0v) is 4.97. The number of hydrogen-bond acceptors (Lipinski definition) is 2. The third-order valence-electron chi connectivity index (χ3n) is 0.929. The van der Waals surface area contributed by atoms with Gasteiger partial charge in [0.2, 0.25) is 5.78 Å². The highest BCUT2D eigenvalue weighted by atomic mass is 16.2. The number of rotatable bonds is 2. The molecular formula is C6H8O2. The van der Waals surface area contributed by atoms with Gasteiger partial charge in [-0.2, -0.15) is 0 Å². The Morgan fingerprint density at radius 2 is 2.00 bits per heavy atom. The van der Waals surface area contributed by atoms with Crippen molar-refractivity contribution in [2.75, 3.05) is 0 Å². The summed E-state index contributed by atoms with van der Waals surface area (Å²) in [7, 11) is 0. The molecule has 0 aromatic rings. The molecule has 0 heterocycles. The van der Waals surface area contributed by atoms with E-state index in [-0.39, 0.29) is 0 Å². The fourth-order valence-electron chi connectivity index (χ4n) is 0.235. The fraction of sp³-hybridized carbons (Fsp3) is 0.333. The average Bonchev–Trinajstić information content (AvgIpc) is 1.84. The summed E-state index contributed by atoms with van der Waals surface area (Å²) in [5, 5.41) is 0. The zero-order chi connectivity index (χ0) is 6.57. The Labute approximate surface area is 48.2 Å². The number of allylic oxidation sites excluding steroid dienone is 2. The molecule has 2 heteroatoms. The van der Waals surface area contributed by atoms with Gasteiger partial charge in [0, 0.05) is 0 Å². The van der Waals surface area contributed by atoms with Gasteiger partial charge in [-0.05, 0) is 19.4 Å². The molecule has 8 heavy (non-hydrogen) atoms. The van der Waals surface area contributed by atoms with E-state index in [2.05, 4.69) is 0 Å². The second-order valence-electron chi connectivity index (χ2n) is 1.45. The minimum Gasteiger partial charge on any atom is -0.294 e. The van der Waals surface area contributed by atoms with Crippen LogP contribution in [0.4, 0.5) is 0 Å². The van der Waals surface area contributed by atoms with Crippen LogP contribution < -0.4 is 0 Å². The van der Waals surface area contributed by atoms with E-state index in [1.54, 1.807) is 19.9 Å². The third-order valence-corrected chi connectivity index (χ3v) is 0.929. The van der Waals surface area contributed by atoms with Gasteiger partial charge in [-0.25, -0.2) is 0 Å². The van der Waals surface area contributed by atoms with Crippen LogP contribution in [0.15, 0.2) is 11.6 Å². The van der Waals surface area contributed by atoms with E-state index in [4.69, 9.17) is 0 Å². The first-order chi connectivity index (χ1) is 3.72. The molecule has 0 saturated heterocycles. The summed E-state index contributed by atoms with van der Waals surface area (Å²) in [6.45, 7) is 3.33. The fourth-order valence-corrected chi connectivity index (χ4v) is 0.235. The summed E-state index contributed by atoms with van der Waals surface area (Å²) in [5.74, 6) is -0.437. The highest BCUT2D eigenvalue weighted by Gasteiger charge is 1.97. The summed E-state index contributed by atoms with van der Waals surface area (Å²) < 4.78 is 0. The van der Waals surface area contributed by atoms with Crippen LogP contribution in [0.2, 0.25) is 0 Å². The van der Waals surface area contributed by atoms with E-state index in [1.807, 2.05) is 0 Å². The molecule has 0 spiro atoms. The maximum absolute atomic E-state index is 10.3. The quantitative estimate of drug-likeness (QED) is 0.299. The molecule has 0 bridgehead atoms. The topological polar surface area (TPSA) is 34.1 Å². The molecule has 0 saturated carbocycles. The maximum atomic E-state index is 10.3. The highest BCUT2D eigenvalue weighted by Crippen LogP contribution is 1.89. The van der Waals surface area contributed by atoms with E-state index < -0.39 is 5.78 Å². The Balaban J connectivity index is 4.03.